The molecule has 1 amide bonds. The average molecular weight is 315 g/mol. The van der Waals surface area contributed by atoms with Gasteiger partial charge in [-0.2, -0.15) is 0 Å². The number of hydrogen-bond acceptors (Lipinski definition) is 3. The summed E-state index contributed by atoms with van der Waals surface area (Å²) in [5.41, 5.74) is 0.258. The zero-order valence-corrected chi connectivity index (χ0v) is 11.9. The van der Waals surface area contributed by atoms with Crippen LogP contribution in [0.4, 0.5) is 5.69 Å². The van der Waals surface area contributed by atoms with Crippen molar-refractivity contribution in [2.75, 3.05) is 13.1 Å². The minimum absolute atomic E-state index is 0.0894. The lowest BCUT2D eigenvalue weighted by Gasteiger charge is -2.19. The molecule has 6 heteroatoms. The molecule has 0 fully saturated rings. The van der Waals surface area contributed by atoms with Crippen LogP contribution >= 0.6 is 15.9 Å². The molecule has 1 aromatic rings. The molecular weight excluding hydrogens is 300 g/mol. The van der Waals surface area contributed by atoms with E-state index in [2.05, 4.69) is 15.9 Å². The molecule has 0 aliphatic heterocycles. The van der Waals surface area contributed by atoms with Gasteiger partial charge in [-0.05, 0) is 41.4 Å². The van der Waals surface area contributed by atoms with Gasteiger partial charge in [-0.1, -0.05) is 6.92 Å². The summed E-state index contributed by atoms with van der Waals surface area (Å²) in [7, 11) is 0. The molecule has 0 unspecified atom stereocenters. The van der Waals surface area contributed by atoms with E-state index in [1.165, 1.54) is 12.1 Å². The first-order chi connectivity index (χ1) is 8.51. The van der Waals surface area contributed by atoms with Gasteiger partial charge in [0.15, 0.2) is 0 Å². The van der Waals surface area contributed by atoms with Crippen LogP contribution in [-0.2, 0) is 0 Å². The molecule has 0 spiro atoms. The van der Waals surface area contributed by atoms with Gasteiger partial charge < -0.3 is 4.90 Å². The largest absolute Gasteiger partial charge is 0.339 e. The van der Waals surface area contributed by atoms with Gasteiger partial charge in [-0.3, -0.25) is 14.9 Å². The fourth-order valence-corrected chi connectivity index (χ4v) is 2.03. The fourth-order valence-electron chi connectivity index (χ4n) is 1.64. The van der Waals surface area contributed by atoms with Crippen LogP contribution in [0.2, 0.25) is 0 Å². The number of carbonyl (C=O) groups is 1. The van der Waals surface area contributed by atoms with Gasteiger partial charge >= 0.3 is 0 Å². The maximum atomic E-state index is 12.1. The van der Waals surface area contributed by atoms with Crippen LogP contribution in [0.25, 0.3) is 0 Å². The molecule has 18 heavy (non-hydrogen) atoms. The lowest BCUT2D eigenvalue weighted by Crippen LogP contribution is -2.31. The summed E-state index contributed by atoms with van der Waals surface area (Å²) >= 11 is 3.10. The van der Waals surface area contributed by atoms with Gasteiger partial charge in [0.1, 0.15) is 0 Å². The molecule has 1 aromatic carbocycles. The van der Waals surface area contributed by atoms with E-state index < -0.39 is 4.92 Å². The Bertz CT molecular complexity index is 463. The number of hydrogen-bond donors (Lipinski definition) is 0. The van der Waals surface area contributed by atoms with Crippen molar-refractivity contribution in [2.24, 2.45) is 0 Å². The molecule has 0 saturated carbocycles. The molecule has 1 rings (SSSR count). The van der Waals surface area contributed by atoms with E-state index >= 15 is 0 Å². The molecule has 0 bridgehead atoms. The number of nitro benzene ring substituents is 1. The van der Waals surface area contributed by atoms with Crippen molar-refractivity contribution >= 4 is 27.5 Å². The molecule has 0 heterocycles. The first-order valence-electron chi connectivity index (χ1n) is 5.74. The second-order valence-corrected chi connectivity index (χ2v) is 4.66. The Morgan fingerprint density at radius 1 is 1.44 bits per heavy atom. The van der Waals surface area contributed by atoms with Crippen molar-refractivity contribution in [3.05, 3.63) is 38.3 Å². The summed E-state index contributed by atoms with van der Waals surface area (Å²) in [6.45, 7) is 5.12. The van der Waals surface area contributed by atoms with E-state index in [0.29, 0.717) is 23.1 Å². The van der Waals surface area contributed by atoms with Crippen LogP contribution in [0.15, 0.2) is 22.7 Å². The third-order valence-electron chi connectivity index (χ3n) is 2.55. The first-order valence-corrected chi connectivity index (χ1v) is 6.53. The number of halogens is 1. The average Bonchev–Trinajstić information content (AvgIpc) is 2.35. The highest BCUT2D eigenvalue weighted by Gasteiger charge is 2.18. The number of nitro groups is 1. The van der Waals surface area contributed by atoms with E-state index in [4.69, 9.17) is 0 Å². The third-order valence-corrected chi connectivity index (χ3v) is 3.22. The number of nitrogens with zero attached hydrogens (tertiary/aromatic N) is 2. The number of rotatable bonds is 5. The Kier molecular flexibility index (Phi) is 5.27. The Hall–Kier alpha value is -1.43. The van der Waals surface area contributed by atoms with Crippen molar-refractivity contribution in [1.29, 1.82) is 0 Å². The van der Waals surface area contributed by atoms with E-state index in [0.717, 1.165) is 6.42 Å². The molecule has 0 aliphatic rings. The second kappa shape index (κ2) is 6.49. The Morgan fingerprint density at radius 3 is 2.61 bits per heavy atom. The minimum Gasteiger partial charge on any atom is -0.339 e. The highest BCUT2D eigenvalue weighted by atomic mass is 79.9. The number of benzene rings is 1. The predicted molar refractivity (Wildman–Crippen MR) is 72.7 cm³/mol. The second-order valence-electron chi connectivity index (χ2n) is 3.81. The topological polar surface area (TPSA) is 63.5 Å². The van der Waals surface area contributed by atoms with E-state index in [-0.39, 0.29) is 11.6 Å². The molecule has 0 N–H and O–H groups in total. The zero-order valence-electron chi connectivity index (χ0n) is 10.4. The van der Waals surface area contributed by atoms with Crippen LogP contribution in [0, 0.1) is 10.1 Å². The third kappa shape index (κ3) is 3.29. The Balaban J connectivity index is 3.06. The predicted octanol–water partition coefficient (Wildman–Crippen LogP) is 3.23. The minimum atomic E-state index is -0.503. The van der Waals surface area contributed by atoms with Crippen LogP contribution in [0.1, 0.15) is 30.6 Å². The van der Waals surface area contributed by atoms with Gasteiger partial charge in [0.2, 0.25) is 0 Å². The lowest BCUT2D eigenvalue weighted by atomic mass is 10.1. The van der Waals surface area contributed by atoms with Crippen LogP contribution < -0.4 is 0 Å². The standard InChI is InChI=1S/C12H15BrN2O3/c1-3-7-14(4-2)12(16)9-5-6-10(13)11(8-9)15(17)18/h5-6,8H,3-4,7H2,1-2H3. The SMILES string of the molecule is CCCN(CC)C(=O)c1ccc(Br)c([N+](=O)[O-])c1. The quantitative estimate of drug-likeness (QED) is 0.619. The lowest BCUT2D eigenvalue weighted by molar-refractivity contribution is -0.385. The molecular formula is C12H15BrN2O3. The zero-order chi connectivity index (χ0) is 13.7. The smallest absolute Gasteiger partial charge is 0.284 e. The summed E-state index contributed by atoms with van der Waals surface area (Å²) < 4.78 is 0.377. The summed E-state index contributed by atoms with van der Waals surface area (Å²) in [5.74, 6) is -0.171. The summed E-state index contributed by atoms with van der Waals surface area (Å²) in [6.07, 6.45) is 0.859. The van der Waals surface area contributed by atoms with Crippen molar-refractivity contribution < 1.29 is 9.72 Å². The van der Waals surface area contributed by atoms with Crippen molar-refractivity contribution in [2.45, 2.75) is 20.3 Å². The molecule has 5 nitrogen and oxygen atoms in total. The summed E-state index contributed by atoms with van der Waals surface area (Å²) in [5, 5.41) is 10.8. The van der Waals surface area contributed by atoms with Crippen molar-refractivity contribution in [3.8, 4) is 0 Å². The molecule has 0 aromatic heterocycles. The summed E-state index contributed by atoms with van der Waals surface area (Å²) in [6, 6.07) is 4.44. The molecule has 0 radical (unpaired) electrons. The number of amides is 1. The van der Waals surface area contributed by atoms with Crippen molar-refractivity contribution in [3.63, 3.8) is 0 Å². The van der Waals surface area contributed by atoms with E-state index in [1.54, 1.807) is 11.0 Å². The number of carbonyl (C=O) groups excluding carboxylic acids is 1. The maximum absolute atomic E-state index is 12.1. The van der Waals surface area contributed by atoms with Gasteiger partial charge in [0.05, 0.1) is 9.40 Å². The highest BCUT2D eigenvalue weighted by Crippen LogP contribution is 2.26. The van der Waals surface area contributed by atoms with Crippen LogP contribution in [0.5, 0.6) is 0 Å². The molecule has 0 atom stereocenters. The Morgan fingerprint density at radius 2 is 2.11 bits per heavy atom. The van der Waals surface area contributed by atoms with E-state index in [9.17, 15) is 14.9 Å². The molecule has 0 aliphatic carbocycles. The van der Waals surface area contributed by atoms with Gasteiger partial charge in [-0.15, -0.1) is 0 Å². The maximum Gasteiger partial charge on any atom is 0.284 e. The monoisotopic (exact) mass is 314 g/mol. The van der Waals surface area contributed by atoms with Gasteiger partial charge in [0.25, 0.3) is 11.6 Å². The first kappa shape index (κ1) is 14.6. The van der Waals surface area contributed by atoms with Crippen molar-refractivity contribution in [1.82, 2.24) is 4.90 Å². The summed E-state index contributed by atoms with van der Waals surface area (Å²) in [4.78, 5) is 24.1. The fraction of sp³-hybridized carbons (Fsp3) is 0.417. The van der Waals surface area contributed by atoms with Gasteiger partial charge in [0, 0.05) is 24.7 Å². The Labute approximate surface area is 114 Å². The van der Waals surface area contributed by atoms with Crippen LogP contribution in [0.3, 0.4) is 0 Å². The molecule has 0 saturated heterocycles. The molecule has 98 valence electrons. The normalized spacial score (nSPS) is 10.2. The van der Waals surface area contributed by atoms with Gasteiger partial charge in [-0.25, -0.2) is 0 Å². The van der Waals surface area contributed by atoms with Crippen LogP contribution in [-0.4, -0.2) is 28.8 Å². The highest BCUT2D eigenvalue weighted by molar-refractivity contribution is 9.10. The van der Waals surface area contributed by atoms with E-state index in [1.807, 2.05) is 13.8 Å².